The minimum atomic E-state index is -0.639. The molecule has 1 aromatic heterocycles. The SMILES string of the molecule is Nc1cc(F)c(NC2CCCc3sccc32)c(F)c1. The minimum absolute atomic E-state index is 0.0253. The molecule has 0 saturated heterocycles. The van der Waals surface area contributed by atoms with Gasteiger partial charge >= 0.3 is 0 Å². The van der Waals surface area contributed by atoms with Gasteiger partial charge in [0.05, 0.1) is 6.04 Å². The quantitative estimate of drug-likeness (QED) is 0.813. The van der Waals surface area contributed by atoms with E-state index >= 15 is 0 Å². The van der Waals surface area contributed by atoms with E-state index in [1.807, 2.05) is 11.4 Å². The molecule has 1 aromatic carbocycles. The Balaban J connectivity index is 1.92. The summed E-state index contributed by atoms with van der Waals surface area (Å²) in [5, 5.41) is 5.02. The first-order chi connectivity index (χ1) is 9.15. The maximum atomic E-state index is 13.8. The van der Waals surface area contributed by atoms with Crippen molar-refractivity contribution in [3.63, 3.8) is 0 Å². The van der Waals surface area contributed by atoms with Crippen LogP contribution in [0.4, 0.5) is 20.2 Å². The van der Waals surface area contributed by atoms with Gasteiger partial charge in [0.15, 0.2) is 11.6 Å². The van der Waals surface area contributed by atoms with Crippen LogP contribution in [0.5, 0.6) is 0 Å². The summed E-state index contributed by atoms with van der Waals surface area (Å²) in [6.07, 6.45) is 2.97. The molecule has 0 aliphatic heterocycles. The van der Waals surface area contributed by atoms with E-state index < -0.39 is 11.6 Å². The fourth-order valence-electron chi connectivity index (χ4n) is 2.54. The van der Waals surface area contributed by atoms with Gasteiger partial charge in [0.1, 0.15) is 5.69 Å². The third-order valence-corrected chi connectivity index (χ3v) is 4.43. The number of fused-ring (bicyclic) bond motifs is 1. The largest absolute Gasteiger partial charge is 0.399 e. The van der Waals surface area contributed by atoms with Crippen LogP contribution in [0.1, 0.15) is 29.3 Å². The first kappa shape index (κ1) is 12.4. The van der Waals surface area contributed by atoms with Gasteiger partial charge in [0.2, 0.25) is 0 Å². The Morgan fingerprint density at radius 1 is 1.26 bits per heavy atom. The van der Waals surface area contributed by atoms with Crippen molar-refractivity contribution in [2.45, 2.75) is 25.3 Å². The van der Waals surface area contributed by atoms with Crippen molar-refractivity contribution < 1.29 is 8.78 Å². The van der Waals surface area contributed by atoms with Crippen molar-refractivity contribution in [2.75, 3.05) is 11.1 Å². The van der Waals surface area contributed by atoms with Gasteiger partial charge in [-0.2, -0.15) is 0 Å². The Kier molecular flexibility index (Phi) is 3.14. The van der Waals surface area contributed by atoms with E-state index in [1.54, 1.807) is 11.3 Å². The lowest BCUT2D eigenvalue weighted by Gasteiger charge is -2.25. The smallest absolute Gasteiger partial charge is 0.151 e. The van der Waals surface area contributed by atoms with Crippen LogP contribution < -0.4 is 11.1 Å². The van der Waals surface area contributed by atoms with Gasteiger partial charge in [0.25, 0.3) is 0 Å². The summed E-state index contributed by atoms with van der Waals surface area (Å²) in [5.41, 5.74) is 6.59. The predicted octanol–water partition coefficient (Wildman–Crippen LogP) is 4.10. The Labute approximate surface area is 114 Å². The predicted molar refractivity (Wildman–Crippen MR) is 74.4 cm³/mol. The average Bonchev–Trinajstić information content (AvgIpc) is 2.82. The number of halogens is 2. The van der Waals surface area contributed by atoms with Gasteiger partial charge in [-0.15, -0.1) is 11.3 Å². The van der Waals surface area contributed by atoms with E-state index in [0.29, 0.717) is 0 Å². The molecule has 0 spiro atoms. The second-order valence-electron chi connectivity index (χ2n) is 4.75. The zero-order chi connectivity index (χ0) is 13.4. The minimum Gasteiger partial charge on any atom is -0.399 e. The lowest BCUT2D eigenvalue weighted by atomic mass is 9.94. The molecule has 1 unspecified atom stereocenters. The zero-order valence-corrected chi connectivity index (χ0v) is 11.1. The van der Waals surface area contributed by atoms with Crippen molar-refractivity contribution in [1.29, 1.82) is 0 Å². The maximum absolute atomic E-state index is 13.8. The van der Waals surface area contributed by atoms with E-state index in [4.69, 9.17) is 5.73 Å². The molecule has 0 radical (unpaired) electrons. The van der Waals surface area contributed by atoms with Crippen molar-refractivity contribution in [2.24, 2.45) is 0 Å². The molecular weight excluding hydrogens is 266 g/mol. The molecule has 1 aliphatic carbocycles. The van der Waals surface area contributed by atoms with Crippen molar-refractivity contribution in [1.82, 2.24) is 0 Å². The van der Waals surface area contributed by atoms with Crippen molar-refractivity contribution in [3.8, 4) is 0 Å². The van der Waals surface area contributed by atoms with Crippen LogP contribution in [0.25, 0.3) is 0 Å². The molecule has 0 bridgehead atoms. The molecule has 2 aromatic rings. The Bertz CT molecular complexity index is 586. The molecule has 5 heteroatoms. The van der Waals surface area contributed by atoms with Crippen LogP contribution in [-0.4, -0.2) is 0 Å². The fourth-order valence-corrected chi connectivity index (χ4v) is 3.53. The molecule has 3 rings (SSSR count). The molecule has 100 valence electrons. The number of nitrogen functional groups attached to an aromatic ring is 1. The maximum Gasteiger partial charge on any atom is 0.151 e. The van der Waals surface area contributed by atoms with E-state index in [9.17, 15) is 8.78 Å². The molecule has 1 heterocycles. The zero-order valence-electron chi connectivity index (χ0n) is 10.2. The molecule has 1 atom stereocenters. The molecule has 19 heavy (non-hydrogen) atoms. The topological polar surface area (TPSA) is 38.0 Å². The second-order valence-corrected chi connectivity index (χ2v) is 5.75. The van der Waals surface area contributed by atoms with E-state index in [-0.39, 0.29) is 17.4 Å². The summed E-state index contributed by atoms with van der Waals surface area (Å²) in [6, 6.07) is 4.29. The summed E-state index contributed by atoms with van der Waals surface area (Å²) in [6.45, 7) is 0. The third kappa shape index (κ3) is 2.30. The standard InChI is InChI=1S/C14H14F2N2S/c15-10-6-8(17)7-11(16)14(10)18-12-2-1-3-13-9(12)4-5-19-13/h4-7,12,18H,1-3,17H2. The summed E-state index contributed by atoms with van der Waals surface area (Å²) in [5.74, 6) is -1.28. The summed E-state index contributed by atoms with van der Waals surface area (Å²) in [4.78, 5) is 1.31. The molecule has 2 nitrogen and oxygen atoms in total. The normalized spacial score (nSPS) is 18.1. The Morgan fingerprint density at radius 3 is 2.74 bits per heavy atom. The summed E-state index contributed by atoms with van der Waals surface area (Å²) in [7, 11) is 0. The number of benzene rings is 1. The Morgan fingerprint density at radius 2 is 2.00 bits per heavy atom. The van der Waals surface area contributed by atoms with Crippen LogP contribution in [0.2, 0.25) is 0 Å². The number of anilines is 2. The molecular formula is C14H14F2N2S. The Hall–Kier alpha value is -1.62. The van der Waals surface area contributed by atoms with Gasteiger partial charge in [-0.25, -0.2) is 8.78 Å². The highest BCUT2D eigenvalue weighted by molar-refractivity contribution is 7.10. The highest BCUT2D eigenvalue weighted by Gasteiger charge is 2.23. The molecule has 0 amide bonds. The fraction of sp³-hybridized carbons (Fsp3) is 0.286. The number of nitrogens with one attached hydrogen (secondary N) is 1. The van der Waals surface area contributed by atoms with Gasteiger partial charge in [0, 0.05) is 10.6 Å². The molecule has 0 saturated carbocycles. The van der Waals surface area contributed by atoms with Gasteiger partial charge in [-0.1, -0.05) is 0 Å². The number of aryl methyl sites for hydroxylation is 1. The van der Waals surface area contributed by atoms with E-state index in [0.717, 1.165) is 37.0 Å². The third-order valence-electron chi connectivity index (χ3n) is 3.43. The number of nitrogens with two attached hydrogens (primary N) is 1. The molecule has 0 fully saturated rings. The van der Waals surface area contributed by atoms with Crippen LogP contribution in [0, 0.1) is 11.6 Å². The monoisotopic (exact) mass is 280 g/mol. The highest BCUT2D eigenvalue weighted by Crippen LogP contribution is 2.36. The van der Waals surface area contributed by atoms with Crippen LogP contribution in [0.15, 0.2) is 23.6 Å². The number of hydrogen-bond donors (Lipinski definition) is 2. The van der Waals surface area contributed by atoms with Crippen LogP contribution in [0.3, 0.4) is 0 Å². The van der Waals surface area contributed by atoms with Crippen molar-refractivity contribution >= 4 is 22.7 Å². The number of hydrogen-bond acceptors (Lipinski definition) is 3. The number of rotatable bonds is 2. The number of thiophene rings is 1. The van der Waals surface area contributed by atoms with Crippen LogP contribution in [-0.2, 0) is 6.42 Å². The summed E-state index contributed by atoms with van der Waals surface area (Å²) >= 11 is 1.70. The first-order valence-electron chi connectivity index (χ1n) is 6.22. The molecule has 3 N–H and O–H groups in total. The summed E-state index contributed by atoms with van der Waals surface area (Å²) < 4.78 is 27.6. The molecule has 1 aliphatic rings. The van der Waals surface area contributed by atoms with E-state index in [2.05, 4.69) is 5.32 Å². The van der Waals surface area contributed by atoms with Crippen LogP contribution >= 0.6 is 11.3 Å². The van der Waals surface area contributed by atoms with Gasteiger partial charge < -0.3 is 11.1 Å². The lowest BCUT2D eigenvalue weighted by molar-refractivity contribution is 0.565. The first-order valence-corrected chi connectivity index (χ1v) is 7.10. The average molecular weight is 280 g/mol. The van der Waals surface area contributed by atoms with Gasteiger partial charge in [-0.3, -0.25) is 0 Å². The van der Waals surface area contributed by atoms with Gasteiger partial charge in [-0.05, 0) is 48.4 Å². The lowest BCUT2D eigenvalue weighted by Crippen LogP contribution is -2.17. The highest BCUT2D eigenvalue weighted by atomic mass is 32.1. The van der Waals surface area contributed by atoms with Crippen molar-refractivity contribution in [3.05, 3.63) is 45.7 Å². The van der Waals surface area contributed by atoms with E-state index in [1.165, 1.54) is 4.88 Å². The second kappa shape index (κ2) is 4.81.